The lowest BCUT2D eigenvalue weighted by molar-refractivity contribution is 0.764. The molecule has 0 radical (unpaired) electrons. The second-order valence-corrected chi connectivity index (χ2v) is 7.51. The summed E-state index contributed by atoms with van der Waals surface area (Å²) in [5.74, 6) is 0. The molecule has 3 aromatic carbocycles. The molecule has 0 aromatic heterocycles. The summed E-state index contributed by atoms with van der Waals surface area (Å²) in [6, 6.07) is 21.2. The maximum atomic E-state index is 6.33. The largest absolute Gasteiger partial charge is 0.399 e. The van der Waals surface area contributed by atoms with Crippen molar-refractivity contribution in [2.75, 3.05) is 11.5 Å². The van der Waals surface area contributed by atoms with E-state index in [2.05, 4.69) is 87.2 Å². The molecule has 4 rings (SSSR count). The Bertz CT molecular complexity index is 1150. The summed E-state index contributed by atoms with van der Waals surface area (Å²) in [7, 11) is 0. The molecule has 0 spiro atoms. The van der Waals surface area contributed by atoms with Crippen LogP contribution in [-0.2, 0) is 5.41 Å². The molecule has 2 nitrogen and oxygen atoms in total. The van der Waals surface area contributed by atoms with Gasteiger partial charge in [-0.05, 0) is 71.0 Å². The predicted molar refractivity (Wildman–Crippen MR) is 125 cm³/mol. The van der Waals surface area contributed by atoms with Crippen LogP contribution in [0.2, 0.25) is 0 Å². The summed E-state index contributed by atoms with van der Waals surface area (Å²) < 4.78 is 0. The fourth-order valence-corrected chi connectivity index (χ4v) is 4.60. The Kier molecular flexibility index (Phi) is 4.63. The molecule has 1 aliphatic carbocycles. The van der Waals surface area contributed by atoms with Gasteiger partial charge in [0, 0.05) is 11.4 Å². The molecule has 0 saturated heterocycles. The van der Waals surface area contributed by atoms with E-state index in [0.29, 0.717) is 0 Å². The fourth-order valence-electron chi connectivity index (χ4n) is 4.60. The lowest BCUT2D eigenvalue weighted by Crippen LogP contribution is -2.29. The number of fused-ring (bicyclic) bond motifs is 3. The Morgan fingerprint density at radius 2 is 1.66 bits per heavy atom. The topological polar surface area (TPSA) is 52.0 Å². The van der Waals surface area contributed by atoms with Crippen LogP contribution in [0.25, 0.3) is 11.1 Å². The lowest BCUT2D eigenvalue weighted by atomic mass is 9.66. The normalized spacial score (nSPS) is 17.9. The lowest BCUT2D eigenvalue weighted by Gasteiger charge is -2.35. The minimum absolute atomic E-state index is 0.438. The summed E-state index contributed by atoms with van der Waals surface area (Å²) >= 11 is 0. The van der Waals surface area contributed by atoms with E-state index >= 15 is 0 Å². The van der Waals surface area contributed by atoms with Crippen LogP contribution in [0.1, 0.15) is 29.2 Å². The fraction of sp³-hybridized carbons (Fsp3) is 0.111. The Labute approximate surface area is 172 Å². The summed E-state index contributed by atoms with van der Waals surface area (Å²) in [5.41, 5.74) is 21.9. The quantitative estimate of drug-likeness (QED) is 0.422. The molecule has 3 aromatic rings. The van der Waals surface area contributed by atoms with Crippen molar-refractivity contribution in [2.45, 2.75) is 19.3 Å². The van der Waals surface area contributed by atoms with Gasteiger partial charge in [0.05, 0.1) is 5.41 Å². The van der Waals surface area contributed by atoms with Crippen LogP contribution in [0.3, 0.4) is 0 Å². The van der Waals surface area contributed by atoms with Gasteiger partial charge in [-0.1, -0.05) is 73.3 Å². The van der Waals surface area contributed by atoms with Gasteiger partial charge in [-0.15, -0.1) is 0 Å². The van der Waals surface area contributed by atoms with E-state index in [1.54, 1.807) is 0 Å². The minimum Gasteiger partial charge on any atom is -0.399 e. The highest BCUT2D eigenvalue weighted by molar-refractivity contribution is 5.90. The Morgan fingerprint density at radius 3 is 2.34 bits per heavy atom. The van der Waals surface area contributed by atoms with Crippen LogP contribution in [0.5, 0.6) is 0 Å². The molecule has 1 aliphatic rings. The van der Waals surface area contributed by atoms with Crippen molar-refractivity contribution < 1.29 is 0 Å². The summed E-state index contributed by atoms with van der Waals surface area (Å²) in [5, 5.41) is 0. The molecule has 0 amide bonds. The molecular formula is C27H26N2. The average molecular weight is 379 g/mol. The number of hydrogen-bond donors (Lipinski definition) is 2. The standard InChI is InChI=1S/C27H26N2/c1-4-6-10-19(5-2)27(20-11-8-7-9-12-20)24-14-13-21(28)16-22(24)23-17-26(29)18(3)15-25(23)27/h4-17H,1,28-29H2,2-3H3/b10-6-,19-5+. The highest BCUT2D eigenvalue weighted by Crippen LogP contribution is 2.57. The number of nitrogens with two attached hydrogens (primary N) is 2. The van der Waals surface area contributed by atoms with E-state index in [4.69, 9.17) is 11.5 Å². The zero-order valence-corrected chi connectivity index (χ0v) is 16.9. The number of anilines is 2. The molecule has 144 valence electrons. The number of aryl methyl sites for hydroxylation is 1. The number of benzene rings is 3. The average Bonchev–Trinajstić information content (AvgIpc) is 2.99. The maximum Gasteiger partial charge on any atom is 0.0710 e. The zero-order valence-electron chi connectivity index (χ0n) is 16.9. The van der Waals surface area contributed by atoms with Gasteiger partial charge in [-0.3, -0.25) is 0 Å². The second-order valence-electron chi connectivity index (χ2n) is 7.51. The molecule has 0 saturated carbocycles. The first-order chi connectivity index (χ1) is 14.0. The van der Waals surface area contributed by atoms with Crippen molar-refractivity contribution in [1.29, 1.82) is 0 Å². The van der Waals surface area contributed by atoms with Crippen LogP contribution in [0.15, 0.2) is 97.1 Å². The van der Waals surface area contributed by atoms with Crippen molar-refractivity contribution >= 4 is 11.4 Å². The SMILES string of the molecule is C=C/C=C\C(=C/C)C1(c2ccccc2)c2ccc(N)cc2-c2cc(N)c(C)cc21. The van der Waals surface area contributed by atoms with Gasteiger partial charge < -0.3 is 11.5 Å². The molecule has 1 atom stereocenters. The smallest absolute Gasteiger partial charge is 0.0710 e. The van der Waals surface area contributed by atoms with Crippen LogP contribution in [-0.4, -0.2) is 0 Å². The van der Waals surface area contributed by atoms with Crippen molar-refractivity contribution in [3.05, 3.63) is 119 Å². The number of nitrogen functional groups attached to an aromatic ring is 2. The molecule has 4 N–H and O–H groups in total. The van der Waals surface area contributed by atoms with E-state index in [0.717, 1.165) is 28.1 Å². The summed E-state index contributed by atoms with van der Waals surface area (Å²) in [6.45, 7) is 8.02. The highest BCUT2D eigenvalue weighted by Gasteiger charge is 2.46. The highest BCUT2D eigenvalue weighted by atomic mass is 14.6. The van der Waals surface area contributed by atoms with Crippen LogP contribution in [0.4, 0.5) is 11.4 Å². The summed E-state index contributed by atoms with van der Waals surface area (Å²) in [6.07, 6.45) is 8.16. The van der Waals surface area contributed by atoms with E-state index in [9.17, 15) is 0 Å². The van der Waals surface area contributed by atoms with Gasteiger partial charge in [0.25, 0.3) is 0 Å². The van der Waals surface area contributed by atoms with Crippen LogP contribution >= 0.6 is 0 Å². The first-order valence-corrected chi connectivity index (χ1v) is 9.86. The molecule has 0 aliphatic heterocycles. The van der Waals surface area contributed by atoms with Crippen molar-refractivity contribution in [3.8, 4) is 11.1 Å². The van der Waals surface area contributed by atoms with Gasteiger partial charge in [-0.25, -0.2) is 0 Å². The van der Waals surface area contributed by atoms with Crippen molar-refractivity contribution in [3.63, 3.8) is 0 Å². The molecule has 0 heterocycles. The number of hydrogen-bond acceptors (Lipinski definition) is 2. The van der Waals surface area contributed by atoms with Crippen LogP contribution in [0, 0.1) is 6.92 Å². The number of rotatable bonds is 4. The first kappa shape index (κ1) is 18.8. The monoisotopic (exact) mass is 378 g/mol. The number of allylic oxidation sites excluding steroid dienone is 5. The third-order valence-electron chi connectivity index (χ3n) is 5.91. The zero-order chi connectivity index (χ0) is 20.6. The minimum atomic E-state index is -0.438. The van der Waals surface area contributed by atoms with Crippen molar-refractivity contribution in [1.82, 2.24) is 0 Å². The molecule has 0 fully saturated rings. The van der Waals surface area contributed by atoms with E-state index in [-0.39, 0.29) is 0 Å². The van der Waals surface area contributed by atoms with E-state index in [1.807, 2.05) is 18.2 Å². The summed E-state index contributed by atoms with van der Waals surface area (Å²) in [4.78, 5) is 0. The van der Waals surface area contributed by atoms with Gasteiger partial charge in [-0.2, -0.15) is 0 Å². The first-order valence-electron chi connectivity index (χ1n) is 9.86. The van der Waals surface area contributed by atoms with Crippen molar-refractivity contribution in [2.24, 2.45) is 0 Å². The van der Waals surface area contributed by atoms with Gasteiger partial charge in [0.15, 0.2) is 0 Å². The molecule has 29 heavy (non-hydrogen) atoms. The Balaban J connectivity index is 2.21. The second kappa shape index (κ2) is 7.14. The molecule has 1 unspecified atom stereocenters. The Morgan fingerprint density at radius 1 is 0.931 bits per heavy atom. The molecular weight excluding hydrogens is 352 g/mol. The van der Waals surface area contributed by atoms with E-state index < -0.39 is 5.41 Å². The van der Waals surface area contributed by atoms with Gasteiger partial charge >= 0.3 is 0 Å². The predicted octanol–water partition coefficient (Wildman–Crippen LogP) is 6.16. The maximum absolute atomic E-state index is 6.33. The van der Waals surface area contributed by atoms with E-state index in [1.165, 1.54) is 22.3 Å². The molecule has 2 heteroatoms. The Hall–Kier alpha value is -3.52. The molecule has 0 bridgehead atoms. The third-order valence-corrected chi connectivity index (χ3v) is 5.91. The third kappa shape index (κ3) is 2.72. The van der Waals surface area contributed by atoms with Gasteiger partial charge in [0.1, 0.15) is 0 Å². The van der Waals surface area contributed by atoms with Gasteiger partial charge in [0.2, 0.25) is 0 Å². The van der Waals surface area contributed by atoms with Crippen LogP contribution < -0.4 is 11.5 Å².